The molecule has 0 saturated heterocycles. The van der Waals surface area contributed by atoms with E-state index in [1.807, 2.05) is 12.3 Å². The summed E-state index contributed by atoms with van der Waals surface area (Å²) in [4.78, 5) is 27.3. The number of benzene rings is 1. The van der Waals surface area contributed by atoms with Crippen LogP contribution in [0.1, 0.15) is 43.0 Å². The summed E-state index contributed by atoms with van der Waals surface area (Å²) in [7, 11) is 3.31. The van der Waals surface area contributed by atoms with Gasteiger partial charge in [-0.15, -0.1) is 11.8 Å². The molecular weight excluding hydrogens is 338 g/mol. The van der Waals surface area contributed by atoms with Crippen LogP contribution in [0.3, 0.4) is 0 Å². The fraction of sp³-hybridized carbons (Fsp3) is 0.579. The number of ether oxygens (including phenoxy) is 2. The first-order valence-corrected chi connectivity index (χ1v) is 9.83. The monoisotopic (exact) mass is 365 g/mol. The minimum Gasteiger partial charge on any atom is -0.496 e. The van der Waals surface area contributed by atoms with Crippen molar-refractivity contribution in [3.05, 3.63) is 23.8 Å². The maximum atomic E-state index is 12.3. The first-order valence-electron chi connectivity index (χ1n) is 8.61. The van der Waals surface area contributed by atoms with Gasteiger partial charge in [0.2, 0.25) is 0 Å². The lowest BCUT2D eigenvalue weighted by molar-refractivity contribution is -0.136. The van der Waals surface area contributed by atoms with E-state index in [2.05, 4.69) is 6.92 Å². The summed E-state index contributed by atoms with van der Waals surface area (Å²) in [5, 5.41) is 0. The standard InChI is InChI=1S/C19H27NO4S/c1-13-5-7-14(8-6-13)20(2)18(21)12-24-19(22)16-10-9-15(25-4)11-17(16)23-3/h9-11,13-14H,5-8,12H2,1-4H3. The molecule has 0 N–H and O–H groups in total. The molecule has 1 aliphatic carbocycles. The Bertz CT molecular complexity index is 611. The Morgan fingerprint density at radius 3 is 2.52 bits per heavy atom. The summed E-state index contributed by atoms with van der Waals surface area (Å²) in [6.45, 7) is 2.00. The molecule has 0 radical (unpaired) electrons. The van der Waals surface area contributed by atoms with Gasteiger partial charge in [0.1, 0.15) is 11.3 Å². The van der Waals surface area contributed by atoms with Crippen LogP contribution in [0.25, 0.3) is 0 Å². The smallest absolute Gasteiger partial charge is 0.342 e. The number of rotatable bonds is 6. The lowest BCUT2D eigenvalue weighted by Gasteiger charge is -2.33. The van der Waals surface area contributed by atoms with Crippen LogP contribution in [-0.4, -0.2) is 49.8 Å². The number of carbonyl (C=O) groups is 2. The van der Waals surface area contributed by atoms with E-state index >= 15 is 0 Å². The molecule has 1 saturated carbocycles. The highest BCUT2D eigenvalue weighted by molar-refractivity contribution is 7.98. The molecule has 0 bridgehead atoms. The third-order valence-corrected chi connectivity index (χ3v) is 5.61. The molecule has 1 amide bonds. The molecule has 138 valence electrons. The number of thioether (sulfide) groups is 1. The summed E-state index contributed by atoms with van der Waals surface area (Å²) in [6.07, 6.45) is 6.26. The Labute approximate surface area is 154 Å². The highest BCUT2D eigenvalue weighted by atomic mass is 32.2. The second kappa shape index (κ2) is 9.13. The number of hydrogen-bond donors (Lipinski definition) is 0. The fourth-order valence-electron chi connectivity index (χ4n) is 3.11. The van der Waals surface area contributed by atoms with Gasteiger partial charge in [0.15, 0.2) is 6.61 Å². The van der Waals surface area contributed by atoms with E-state index in [1.54, 1.807) is 35.8 Å². The normalized spacial score (nSPS) is 20.0. The molecule has 1 fully saturated rings. The number of amides is 1. The van der Waals surface area contributed by atoms with Crippen molar-refractivity contribution in [2.45, 2.75) is 43.5 Å². The van der Waals surface area contributed by atoms with Gasteiger partial charge in [0, 0.05) is 18.0 Å². The quantitative estimate of drug-likeness (QED) is 0.569. The Morgan fingerprint density at radius 1 is 1.24 bits per heavy atom. The number of esters is 1. The first-order chi connectivity index (χ1) is 12.0. The molecule has 1 aromatic carbocycles. The van der Waals surface area contributed by atoms with Crippen LogP contribution in [0.4, 0.5) is 0 Å². The second-order valence-corrected chi connectivity index (χ2v) is 7.44. The lowest BCUT2D eigenvalue weighted by atomic mass is 9.87. The summed E-state index contributed by atoms with van der Waals surface area (Å²) in [5.41, 5.74) is 0.335. The van der Waals surface area contributed by atoms with Crippen LogP contribution in [0.15, 0.2) is 23.1 Å². The number of likely N-dealkylation sites (N-methyl/N-ethyl adjacent to an activating group) is 1. The molecule has 5 nitrogen and oxygen atoms in total. The highest BCUT2D eigenvalue weighted by Gasteiger charge is 2.25. The molecule has 1 aromatic rings. The summed E-state index contributed by atoms with van der Waals surface area (Å²) >= 11 is 1.56. The topological polar surface area (TPSA) is 55.8 Å². The predicted molar refractivity (Wildman–Crippen MR) is 99.2 cm³/mol. The van der Waals surface area contributed by atoms with Crippen molar-refractivity contribution in [1.29, 1.82) is 0 Å². The minimum absolute atomic E-state index is 0.160. The van der Waals surface area contributed by atoms with Gasteiger partial charge < -0.3 is 14.4 Å². The molecule has 1 aliphatic rings. The third-order valence-electron chi connectivity index (χ3n) is 4.88. The Hall–Kier alpha value is -1.69. The summed E-state index contributed by atoms with van der Waals surface area (Å²) in [5.74, 6) is 0.490. The van der Waals surface area contributed by atoms with Gasteiger partial charge in [0.05, 0.1) is 7.11 Å². The molecule has 0 aromatic heterocycles. The van der Waals surface area contributed by atoms with Gasteiger partial charge in [-0.1, -0.05) is 6.92 Å². The molecule has 0 spiro atoms. The Kier molecular flexibility index (Phi) is 7.17. The molecular formula is C19H27NO4S. The van der Waals surface area contributed by atoms with Crippen molar-refractivity contribution >= 4 is 23.6 Å². The molecule has 2 rings (SSSR count). The van der Waals surface area contributed by atoms with Crippen LogP contribution >= 0.6 is 11.8 Å². The second-order valence-electron chi connectivity index (χ2n) is 6.56. The van der Waals surface area contributed by atoms with Gasteiger partial charge in [-0.3, -0.25) is 4.79 Å². The molecule has 0 unspecified atom stereocenters. The zero-order valence-electron chi connectivity index (χ0n) is 15.4. The van der Waals surface area contributed by atoms with E-state index in [9.17, 15) is 9.59 Å². The molecule has 0 atom stereocenters. The molecule has 0 aliphatic heterocycles. The van der Waals surface area contributed by atoms with Crippen molar-refractivity contribution in [2.75, 3.05) is 27.0 Å². The zero-order valence-corrected chi connectivity index (χ0v) is 16.2. The maximum absolute atomic E-state index is 12.3. The van der Waals surface area contributed by atoms with Gasteiger partial charge >= 0.3 is 5.97 Å². The third kappa shape index (κ3) is 5.14. The fourth-order valence-corrected chi connectivity index (χ4v) is 3.54. The molecule has 25 heavy (non-hydrogen) atoms. The Morgan fingerprint density at radius 2 is 1.92 bits per heavy atom. The van der Waals surface area contributed by atoms with Crippen LogP contribution in [0, 0.1) is 5.92 Å². The van der Waals surface area contributed by atoms with Crippen LogP contribution in [-0.2, 0) is 9.53 Å². The van der Waals surface area contributed by atoms with Crippen LogP contribution in [0.5, 0.6) is 5.75 Å². The van der Waals surface area contributed by atoms with Crippen LogP contribution in [0.2, 0.25) is 0 Å². The average molecular weight is 365 g/mol. The van der Waals surface area contributed by atoms with E-state index in [1.165, 1.54) is 7.11 Å². The van der Waals surface area contributed by atoms with Crippen molar-refractivity contribution in [2.24, 2.45) is 5.92 Å². The van der Waals surface area contributed by atoms with Crippen LogP contribution < -0.4 is 4.74 Å². The average Bonchev–Trinajstić information content (AvgIpc) is 2.65. The van der Waals surface area contributed by atoms with Gasteiger partial charge in [-0.05, 0) is 56.1 Å². The zero-order chi connectivity index (χ0) is 18.4. The van der Waals surface area contributed by atoms with E-state index in [0.29, 0.717) is 11.3 Å². The number of nitrogens with zero attached hydrogens (tertiary/aromatic N) is 1. The SMILES string of the molecule is COc1cc(SC)ccc1C(=O)OCC(=O)N(C)C1CCC(C)CC1. The minimum atomic E-state index is -0.538. The first kappa shape index (κ1) is 19.6. The molecule has 0 heterocycles. The van der Waals surface area contributed by atoms with Gasteiger partial charge in [-0.2, -0.15) is 0 Å². The van der Waals surface area contributed by atoms with Crippen molar-refractivity contribution in [3.63, 3.8) is 0 Å². The Balaban J connectivity index is 1.92. The van der Waals surface area contributed by atoms with E-state index in [-0.39, 0.29) is 18.6 Å². The van der Waals surface area contributed by atoms with Crippen molar-refractivity contribution in [3.8, 4) is 5.75 Å². The predicted octanol–water partition coefficient (Wildman–Crippen LogP) is 3.61. The highest BCUT2D eigenvalue weighted by Crippen LogP contribution is 2.27. The lowest BCUT2D eigenvalue weighted by Crippen LogP contribution is -2.41. The maximum Gasteiger partial charge on any atom is 0.342 e. The van der Waals surface area contributed by atoms with Gasteiger partial charge in [-0.25, -0.2) is 4.79 Å². The van der Waals surface area contributed by atoms with E-state index in [4.69, 9.17) is 9.47 Å². The summed E-state index contributed by atoms with van der Waals surface area (Å²) in [6, 6.07) is 5.54. The van der Waals surface area contributed by atoms with Crippen molar-refractivity contribution in [1.82, 2.24) is 4.90 Å². The largest absolute Gasteiger partial charge is 0.496 e. The number of methoxy groups -OCH3 is 1. The van der Waals surface area contributed by atoms with E-state index in [0.717, 1.165) is 36.5 Å². The van der Waals surface area contributed by atoms with Crippen molar-refractivity contribution < 1.29 is 19.1 Å². The van der Waals surface area contributed by atoms with E-state index < -0.39 is 5.97 Å². The number of hydrogen-bond acceptors (Lipinski definition) is 5. The number of carbonyl (C=O) groups excluding carboxylic acids is 2. The van der Waals surface area contributed by atoms with Gasteiger partial charge in [0.25, 0.3) is 5.91 Å². The molecule has 6 heteroatoms. The summed E-state index contributed by atoms with van der Waals surface area (Å²) < 4.78 is 10.5.